The van der Waals surface area contributed by atoms with Crippen LogP contribution in [0.5, 0.6) is 5.75 Å². The summed E-state index contributed by atoms with van der Waals surface area (Å²) in [6, 6.07) is 14.0. The van der Waals surface area contributed by atoms with Crippen LogP contribution in [0.1, 0.15) is 18.4 Å². The number of anilines is 4. The number of nitrogens with zero attached hydrogens (tertiary/aromatic N) is 3. The summed E-state index contributed by atoms with van der Waals surface area (Å²) in [5.74, 6) is 1.25. The predicted molar refractivity (Wildman–Crippen MR) is 134 cm³/mol. The minimum absolute atomic E-state index is 0.148. The fourth-order valence-corrected chi connectivity index (χ4v) is 4.39. The van der Waals surface area contributed by atoms with Crippen molar-refractivity contribution in [3.05, 3.63) is 54.2 Å². The molecule has 2 saturated heterocycles. The lowest BCUT2D eigenvalue weighted by molar-refractivity contribution is 0.0259. The average Bonchev–Trinajstić information content (AvgIpc) is 2.87. The van der Waals surface area contributed by atoms with Gasteiger partial charge in [0.25, 0.3) is 0 Å². The van der Waals surface area contributed by atoms with E-state index in [1.54, 1.807) is 6.20 Å². The summed E-state index contributed by atoms with van der Waals surface area (Å²) in [6.45, 7) is 6.96. The highest BCUT2D eigenvalue weighted by molar-refractivity contribution is 5.70. The summed E-state index contributed by atoms with van der Waals surface area (Å²) < 4.78 is 17.0. The Hall–Kier alpha value is -3.36. The first-order valence-corrected chi connectivity index (χ1v) is 11.8. The van der Waals surface area contributed by atoms with Crippen molar-refractivity contribution in [2.75, 3.05) is 55.5 Å². The van der Waals surface area contributed by atoms with Gasteiger partial charge in [0.2, 0.25) is 5.95 Å². The highest BCUT2D eigenvalue weighted by Gasteiger charge is 2.17. The van der Waals surface area contributed by atoms with Gasteiger partial charge < -0.3 is 30.2 Å². The van der Waals surface area contributed by atoms with Crippen LogP contribution in [0.25, 0.3) is 11.3 Å². The molecule has 34 heavy (non-hydrogen) atoms. The lowest BCUT2D eigenvalue weighted by Gasteiger charge is -2.30. The van der Waals surface area contributed by atoms with E-state index in [-0.39, 0.29) is 6.10 Å². The lowest BCUT2D eigenvalue weighted by atomic mass is 10.1. The monoisotopic (exact) mass is 461 g/mol. The fraction of sp³-hybridized carbons (Fsp3) is 0.385. The molecule has 3 heterocycles. The number of morpholine rings is 1. The molecule has 2 aliphatic heterocycles. The zero-order chi connectivity index (χ0) is 23.3. The van der Waals surface area contributed by atoms with E-state index in [4.69, 9.17) is 24.9 Å². The summed E-state index contributed by atoms with van der Waals surface area (Å²) in [6.07, 6.45) is 3.67. The highest BCUT2D eigenvalue weighted by Crippen LogP contribution is 2.31. The van der Waals surface area contributed by atoms with Gasteiger partial charge in [0.1, 0.15) is 11.9 Å². The molecule has 0 atom stereocenters. The Morgan fingerprint density at radius 2 is 1.79 bits per heavy atom. The van der Waals surface area contributed by atoms with Crippen molar-refractivity contribution in [2.24, 2.45) is 0 Å². The summed E-state index contributed by atoms with van der Waals surface area (Å²) in [7, 11) is 0. The molecule has 0 amide bonds. The highest BCUT2D eigenvalue weighted by atomic mass is 16.5. The van der Waals surface area contributed by atoms with Crippen molar-refractivity contribution in [2.45, 2.75) is 25.9 Å². The Kier molecular flexibility index (Phi) is 6.78. The molecule has 0 saturated carbocycles. The molecule has 0 bridgehead atoms. The minimum Gasteiger partial charge on any atom is -0.488 e. The number of hydrogen-bond donors (Lipinski definition) is 2. The number of rotatable bonds is 6. The van der Waals surface area contributed by atoms with Gasteiger partial charge in [-0.05, 0) is 55.0 Å². The quantitative estimate of drug-likeness (QED) is 0.528. The first-order chi connectivity index (χ1) is 16.7. The Labute approximate surface area is 200 Å². The van der Waals surface area contributed by atoms with Crippen molar-refractivity contribution in [3.8, 4) is 17.0 Å². The third kappa shape index (κ3) is 5.24. The Balaban J connectivity index is 1.29. The number of nitrogen functional groups attached to an aromatic ring is 1. The van der Waals surface area contributed by atoms with Crippen LogP contribution in [0, 0.1) is 6.92 Å². The molecular formula is C26H31N5O3. The number of benzene rings is 2. The molecule has 0 spiro atoms. The molecule has 3 N–H and O–H groups in total. The molecule has 0 unspecified atom stereocenters. The largest absolute Gasteiger partial charge is 0.488 e. The van der Waals surface area contributed by atoms with E-state index >= 15 is 0 Å². The van der Waals surface area contributed by atoms with Gasteiger partial charge in [0.15, 0.2) is 0 Å². The van der Waals surface area contributed by atoms with E-state index in [1.165, 1.54) is 11.3 Å². The maximum atomic E-state index is 6.30. The van der Waals surface area contributed by atoms with Crippen molar-refractivity contribution in [3.63, 3.8) is 0 Å². The molecule has 2 fully saturated rings. The molecule has 8 nitrogen and oxygen atoms in total. The van der Waals surface area contributed by atoms with E-state index < -0.39 is 0 Å². The van der Waals surface area contributed by atoms with Gasteiger partial charge in [0, 0.05) is 49.1 Å². The van der Waals surface area contributed by atoms with Gasteiger partial charge >= 0.3 is 0 Å². The van der Waals surface area contributed by atoms with Crippen LogP contribution in [0.4, 0.5) is 23.0 Å². The number of nitrogens with one attached hydrogen (secondary N) is 1. The molecular weight excluding hydrogens is 430 g/mol. The Morgan fingerprint density at radius 3 is 2.56 bits per heavy atom. The van der Waals surface area contributed by atoms with Gasteiger partial charge in [-0.2, -0.15) is 0 Å². The number of ether oxygens (including phenoxy) is 3. The topological polar surface area (TPSA) is 94.8 Å². The molecule has 3 aromatic rings. The van der Waals surface area contributed by atoms with Gasteiger partial charge in [0.05, 0.1) is 37.8 Å². The van der Waals surface area contributed by atoms with E-state index in [1.807, 2.05) is 24.3 Å². The maximum Gasteiger partial charge on any atom is 0.227 e. The van der Waals surface area contributed by atoms with Crippen LogP contribution in [0.2, 0.25) is 0 Å². The first kappa shape index (κ1) is 22.4. The Morgan fingerprint density at radius 1 is 1.00 bits per heavy atom. The number of aromatic nitrogens is 2. The Bertz CT molecular complexity index is 1130. The second-order valence-electron chi connectivity index (χ2n) is 8.67. The van der Waals surface area contributed by atoms with Crippen LogP contribution in [-0.4, -0.2) is 55.6 Å². The summed E-state index contributed by atoms with van der Waals surface area (Å²) in [5, 5.41) is 3.33. The van der Waals surface area contributed by atoms with Gasteiger partial charge in [-0.25, -0.2) is 9.97 Å². The first-order valence-electron chi connectivity index (χ1n) is 11.8. The van der Waals surface area contributed by atoms with E-state index in [0.29, 0.717) is 17.4 Å². The SMILES string of the molecule is Cc1cc(Nc2nccc(-c3ccc(OC4CCOCC4)c(N)c3)n2)ccc1N1CCOCC1. The average molecular weight is 462 g/mol. The third-order valence-corrected chi connectivity index (χ3v) is 6.23. The van der Waals surface area contributed by atoms with E-state index in [0.717, 1.165) is 69.3 Å². The zero-order valence-electron chi connectivity index (χ0n) is 19.5. The van der Waals surface area contributed by atoms with Gasteiger partial charge in [-0.15, -0.1) is 0 Å². The fourth-order valence-electron chi connectivity index (χ4n) is 4.39. The van der Waals surface area contributed by atoms with Crippen LogP contribution >= 0.6 is 0 Å². The lowest BCUT2D eigenvalue weighted by Crippen LogP contribution is -2.36. The van der Waals surface area contributed by atoms with Crippen molar-refractivity contribution >= 4 is 23.0 Å². The molecule has 0 radical (unpaired) electrons. The van der Waals surface area contributed by atoms with Crippen molar-refractivity contribution < 1.29 is 14.2 Å². The molecule has 0 aliphatic carbocycles. The molecule has 2 aromatic carbocycles. The van der Waals surface area contributed by atoms with Crippen molar-refractivity contribution in [1.82, 2.24) is 9.97 Å². The normalized spacial score (nSPS) is 16.9. The minimum atomic E-state index is 0.148. The molecule has 2 aliphatic rings. The molecule has 8 heteroatoms. The summed E-state index contributed by atoms with van der Waals surface area (Å²) in [5.41, 5.74) is 12.0. The second kappa shape index (κ2) is 10.3. The maximum absolute atomic E-state index is 6.30. The van der Waals surface area contributed by atoms with Crippen LogP contribution in [-0.2, 0) is 9.47 Å². The van der Waals surface area contributed by atoms with E-state index in [9.17, 15) is 0 Å². The zero-order valence-corrected chi connectivity index (χ0v) is 19.5. The predicted octanol–water partition coefficient (Wildman–Crippen LogP) is 4.17. The summed E-state index contributed by atoms with van der Waals surface area (Å²) >= 11 is 0. The second-order valence-corrected chi connectivity index (χ2v) is 8.67. The number of hydrogen-bond acceptors (Lipinski definition) is 8. The van der Waals surface area contributed by atoms with Crippen LogP contribution in [0.15, 0.2) is 48.7 Å². The standard InChI is InChI=1S/C26H31N5O3/c1-18-16-20(3-4-24(18)31-10-14-33-15-11-31)29-26-28-9-6-23(30-26)19-2-5-25(22(27)17-19)34-21-7-12-32-13-8-21/h2-6,9,16-17,21H,7-8,10-15,27H2,1H3,(H,28,29,30). The van der Waals surface area contributed by atoms with Crippen LogP contribution < -0.4 is 20.7 Å². The number of aryl methyl sites for hydroxylation is 1. The van der Waals surface area contributed by atoms with E-state index in [2.05, 4.69) is 40.3 Å². The van der Waals surface area contributed by atoms with Crippen LogP contribution in [0.3, 0.4) is 0 Å². The molecule has 5 rings (SSSR count). The van der Waals surface area contributed by atoms with Gasteiger partial charge in [-0.3, -0.25) is 0 Å². The number of nitrogens with two attached hydrogens (primary N) is 1. The smallest absolute Gasteiger partial charge is 0.227 e. The molecule has 178 valence electrons. The molecule has 1 aromatic heterocycles. The van der Waals surface area contributed by atoms with Gasteiger partial charge in [-0.1, -0.05) is 0 Å². The van der Waals surface area contributed by atoms with Crippen molar-refractivity contribution in [1.29, 1.82) is 0 Å². The third-order valence-electron chi connectivity index (χ3n) is 6.23. The summed E-state index contributed by atoms with van der Waals surface area (Å²) in [4.78, 5) is 11.5.